The lowest BCUT2D eigenvalue weighted by molar-refractivity contribution is 0.0498. The molecule has 176 valence electrons. The molecule has 2 aliphatic rings. The monoisotopic (exact) mass is 475 g/mol. The number of benzene rings is 3. The number of amides is 1. The zero-order chi connectivity index (χ0) is 23.9. The molecule has 3 aromatic carbocycles. The summed E-state index contributed by atoms with van der Waals surface area (Å²) in [5, 5.41) is 0. The van der Waals surface area contributed by atoms with Gasteiger partial charge >= 0.3 is 0 Å². The molecule has 34 heavy (non-hydrogen) atoms. The van der Waals surface area contributed by atoms with Gasteiger partial charge in [0.05, 0.1) is 16.6 Å². The Kier molecular flexibility index (Phi) is 5.91. The van der Waals surface area contributed by atoms with E-state index in [1.165, 1.54) is 10.4 Å². The second-order valence-corrected chi connectivity index (χ2v) is 11.0. The maximum absolute atomic E-state index is 13.7. The number of carbonyl (C=O) groups excluding carboxylic acids is 1. The fourth-order valence-electron chi connectivity index (χ4n) is 5.10. The van der Waals surface area contributed by atoms with Crippen LogP contribution in [0.2, 0.25) is 0 Å². The highest BCUT2D eigenvalue weighted by molar-refractivity contribution is 7.92. The van der Waals surface area contributed by atoms with E-state index in [1.807, 2.05) is 66.4 Å². The second kappa shape index (κ2) is 8.89. The summed E-state index contributed by atoms with van der Waals surface area (Å²) < 4.78 is 28.9. The van der Waals surface area contributed by atoms with Crippen LogP contribution in [0, 0.1) is 0 Å². The highest BCUT2D eigenvalue weighted by atomic mass is 32.2. The summed E-state index contributed by atoms with van der Waals surface area (Å²) in [4.78, 5) is 17.9. The van der Waals surface area contributed by atoms with Gasteiger partial charge in [-0.15, -0.1) is 0 Å². The molecule has 0 spiro atoms. The summed E-state index contributed by atoms with van der Waals surface area (Å²) in [6.45, 7) is 4.01. The summed E-state index contributed by atoms with van der Waals surface area (Å²) in [6, 6.07) is 23.8. The highest BCUT2D eigenvalue weighted by Crippen LogP contribution is 2.37. The van der Waals surface area contributed by atoms with E-state index in [4.69, 9.17) is 0 Å². The molecule has 3 aromatic rings. The lowest BCUT2D eigenvalue weighted by Crippen LogP contribution is -2.49. The van der Waals surface area contributed by atoms with Crippen LogP contribution in [0.25, 0.3) is 0 Å². The fourth-order valence-corrected chi connectivity index (χ4v) is 6.83. The maximum Gasteiger partial charge on any atom is 0.264 e. The molecule has 2 atom stereocenters. The average Bonchev–Trinajstić information content (AvgIpc) is 3.20. The van der Waals surface area contributed by atoms with Gasteiger partial charge in [-0.05, 0) is 55.8 Å². The van der Waals surface area contributed by atoms with Crippen LogP contribution in [0.15, 0.2) is 83.8 Å². The topological polar surface area (TPSA) is 60.9 Å². The van der Waals surface area contributed by atoms with Crippen molar-refractivity contribution in [3.05, 3.63) is 95.6 Å². The van der Waals surface area contributed by atoms with Crippen LogP contribution in [0.3, 0.4) is 0 Å². The number of hydrogen-bond donors (Lipinski definition) is 0. The molecule has 6 nitrogen and oxygen atoms in total. The molecule has 0 aliphatic carbocycles. The van der Waals surface area contributed by atoms with Crippen molar-refractivity contribution in [3.8, 4) is 0 Å². The Bertz CT molecular complexity index is 1310. The second-order valence-electron chi connectivity index (χ2n) is 9.20. The van der Waals surface area contributed by atoms with E-state index in [0.29, 0.717) is 18.5 Å². The van der Waals surface area contributed by atoms with Crippen LogP contribution in [0.5, 0.6) is 0 Å². The first-order valence-electron chi connectivity index (χ1n) is 11.6. The van der Waals surface area contributed by atoms with Crippen molar-refractivity contribution < 1.29 is 13.2 Å². The number of rotatable bonds is 4. The predicted octanol–water partition coefficient (Wildman–Crippen LogP) is 3.96. The number of piperazine rings is 1. The molecule has 0 N–H and O–H groups in total. The van der Waals surface area contributed by atoms with Crippen LogP contribution in [0.4, 0.5) is 5.69 Å². The van der Waals surface area contributed by atoms with Gasteiger partial charge < -0.3 is 9.80 Å². The minimum Gasteiger partial charge on any atom is -0.329 e. The van der Waals surface area contributed by atoms with Crippen LogP contribution < -0.4 is 4.31 Å². The van der Waals surface area contributed by atoms with E-state index in [9.17, 15) is 13.2 Å². The van der Waals surface area contributed by atoms with Gasteiger partial charge in [0.2, 0.25) is 0 Å². The third-order valence-corrected chi connectivity index (χ3v) is 8.74. The quantitative estimate of drug-likeness (QED) is 0.573. The van der Waals surface area contributed by atoms with E-state index in [0.717, 1.165) is 29.9 Å². The smallest absolute Gasteiger partial charge is 0.264 e. The minimum atomic E-state index is -3.81. The molecular weight excluding hydrogens is 446 g/mol. The summed E-state index contributed by atoms with van der Waals surface area (Å²) >= 11 is 0. The summed E-state index contributed by atoms with van der Waals surface area (Å²) in [7, 11) is -1.75. The molecule has 2 heterocycles. The zero-order valence-corrected chi connectivity index (χ0v) is 20.3. The summed E-state index contributed by atoms with van der Waals surface area (Å²) in [5.41, 5.74) is 3.21. The Morgan fingerprint density at radius 2 is 1.65 bits per heavy atom. The molecule has 7 heteroatoms. The van der Waals surface area contributed by atoms with Crippen LogP contribution in [0.1, 0.15) is 34.5 Å². The molecule has 0 bridgehead atoms. The Morgan fingerprint density at radius 3 is 2.44 bits per heavy atom. The Morgan fingerprint density at radius 1 is 0.912 bits per heavy atom. The van der Waals surface area contributed by atoms with Crippen LogP contribution in [-0.4, -0.2) is 56.8 Å². The molecule has 0 radical (unpaired) electrons. The van der Waals surface area contributed by atoms with Gasteiger partial charge in [0, 0.05) is 31.2 Å². The number of sulfonamides is 1. The van der Waals surface area contributed by atoms with E-state index >= 15 is 0 Å². The van der Waals surface area contributed by atoms with Crippen molar-refractivity contribution >= 4 is 21.6 Å². The average molecular weight is 476 g/mol. The van der Waals surface area contributed by atoms with Gasteiger partial charge in [0.15, 0.2) is 0 Å². The van der Waals surface area contributed by atoms with Gasteiger partial charge in [-0.25, -0.2) is 8.42 Å². The van der Waals surface area contributed by atoms with E-state index in [-0.39, 0.29) is 22.9 Å². The maximum atomic E-state index is 13.7. The van der Waals surface area contributed by atoms with Crippen molar-refractivity contribution in [2.45, 2.75) is 30.3 Å². The first-order valence-corrected chi connectivity index (χ1v) is 13.1. The number of nitrogens with zero attached hydrogens (tertiary/aromatic N) is 3. The van der Waals surface area contributed by atoms with Crippen LogP contribution in [-0.2, 0) is 16.4 Å². The zero-order valence-electron chi connectivity index (χ0n) is 19.5. The number of fused-ring (bicyclic) bond motifs is 1. The summed E-state index contributed by atoms with van der Waals surface area (Å²) in [6.07, 6.45) is 0.675. The third kappa shape index (κ3) is 3.99. The van der Waals surface area contributed by atoms with Crippen molar-refractivity contribution in [1.82, 2.24) is 9.80 Å². The van der Waals surface area contributed by atoms with E-state index < -0.39 is 10.0 Å². The number of likely N-dealkylation sites (N-methyl/N-ethyl adjacent to an activating group) is 1. The highest BCUT2D eigenvalue weighted by Gasteiger charge is 2.37. The predicted molar refractivity (Wildman–Crippen MR) is 133 cm³/mol. The van der Waals surface area contributed by atoms with Gasteiger partial charge in [-0.2, -0.15) is 0 Å². The standard InChI is InChI=1S/C27H29N3O3S/c1-20-17-22-11-6-7-14-25(22)30(20)34(32,33)24-13-8-12-23(18-24)27(31)29-16-15-28(2)19-26(29)21-9-4-3-5-10-21/h3-14,18,20,26H,15-17,19H2,1-2H3. The van der Waals surface area contributed by atoms with Gasteiger partial charge in [-0.3, -0.25) is 9.10 Å². The molecule has 5 rings (SSSR count). The Labute approximate surface area is 201 Å². The van der Waals surface area contributed by atoms with Gasteiger partial charge in [0.1, 0.15) is 0 Å². The number of carbonyl (C=O) groups is 1. The molecular formula is C27H29N3O3S. The Balaban J connectivity index is 1.48. The lowest BCUT2D eigenvalue weighted by atomic mass is 10.0. The third-order valence-electron chi connectivity index (χ3n) is 6.81. The molecule has 0 saturated carbocycles. The molecule has 1 fully saturated rings. The van der Waals surface area contributed by atoms with Crippen LogP contribution >= 0.6 is 0 Å². The van der Waals surface area contributed by atoms with E-state index in [1.54, 1.807) is 18.2 Å². The first kappa shape index (κ1) is 22.6. The van der Waals surface area contributed by atoms with Crippen molar-refractivity contribution in [2.75, 3.05) is 31.0 Å². The molecule has 2 unspecified atom stereocenters. The van der Waals surface area contributed by atoms with Crippen molar-refractivity contribution in [3.63, 3.8) is 0 Å². The minimum absolute atomic E-state index is 0.0850. The molecule has 0 aromatic heterocycles. The first-order chi connectivity index (χ1) is 16.4. The van der Waals surface area contributed by atoms with E-state index in [2.05, 4.69) is 11.9 Å². The number of anilines is 1. The van der Waals surface area contributed by atoms with Crippen molar-refractivity contribution in [1.29, 1.82) is 0 Å². The largest absolute Gasteiger partial charge is 0.329 e. The molecule has 1 amide bonds. The molecule has 2 aliphatic heterocycles. The fraction of sp³-hybridized carbons (Fsp3) is 0.296. The van der Waals surface area contributed by atoms with Crippen molar-refractivity contribution in [2.24, 2.45) is 0 Å². The lowest BCUT2D eigenvalue weighted by Gasteiger charge is -2.40. The number of hydrogen-bond acceptors (Lipinski definition) is 4. The normalized spacial score (nSPS) is 20.9. The van der Waals surface area contributed by atoms with Gasteiger partial charge in [-0.1, -0.05) is 54.6 Å². The Hall–Kier alpha value is -3.16. The van der Waals surface area contributed by atoms with Gasteiger partial charge in [0.25, 0.3) is 15.9 Å². The number of para-hydroxylation sites is 1. The molecule has 1 saturated heterocycles. The SMILES string of the molecule is CC1Cc2ccccc2N1S(=O)(=O)c1cccc(C(=O)N2CCN(C)CC2c2ccccc2)c1. The summed E-state index contributed by atoms with van der Waals surface area (Å²) in [5.74, 6) is -0.145.